The van der Waals surface area contributed by atoms with Crippen LogP contribution in [0.5, 0.6) is 0 Å². The lowest BCUT2D eigenvalue weighted by atomic mass is 10.0. The van der Waals surface area contributed by atoms with Gasteiger partial charge in [-0.25, -0.2) is 0 Å². The number of carbonyl (C=O) groups is 2. The Labute approximate surface area is 559 Å². The molecule has 9 nitrogen and oxygen atoms in total. The van der Waals surface area contributed by atoms with Crippen LogP contribution in [0.25, 0.3) is 0 Å². The topological polar surface area (TPSA) is 111 Å². The maximum Gasteiger partial charge on any atom is 0.306 e. The Balaban J connectivity index is 3.90. The largest absolute Gasteiger partial charge is 0.756 e. The number of unbranched alkanes of at least 4 members (excludes halogenated alkanes) is 46. The van der Waals surface area contributed by atoms with Gasteiger partial charge in [-0.3, -0.25) is 14.2 Å². The Morgan fingerprint density at radius 2 is 0.633 bits per heavy atom. The minimum absolute atomic E-state index is 0.0330. The molecule has 0 spiro atoms. The maximum absolute atomic E-state index is 12.9. The lowest BCUT2D eigenvalue weighted by Gasteiger charge is -2.28. The number of ether oxygens (including phenoxy) is 2. The van der Waals surface area contributed by atoms with Crippen LogP contribution in [0.1, 0.15) is 373 Å². The number of phosphoric ester groups is 1. The Hall–Kier alpha value is -2.55. The molecule has 0 amide bonds. The number of esters is 2. The molecule has 0 aliphatic heterocycles. The minimum atomic E-state index is -4.65. The van der Waals surface area contributed by atoms with E-state index in [9.17, 15) is 19.0 Å². The molecule has 90 heavy (non-hydrogen) atoms. The van der Waals surface area contributed by atoms with Crippen LogP contribution in [-0.2, 0) is 32.7 Å². The predicted octanol–water partition coefficient (Wildman–Crippen LogP) is 24.9. The number of likely N-dealkylation sites (N-methyl/N-ethyl adjacent to an activating group) is 1. The average molecular weight is 1280 g/mol. The molecule has 0 aliphatic rings. The summed E-state index contributed by atoms with van der Waals surface area (Å²) in [5.74, 6) is -0.827. The summed E-state index contributed by atoms with van der Waals surface area (Å²) in [5.41, 5.74) is 0. The molecule has 526 valence electrons. The molecule has 0 aliphatic carbocycles. The van der Waals surface area contributed by atoms with Gasteiger partial charge in [-0.1, -0.05) is 350 Å². The summed E-state index contributed by atoms with van der Waals surface area (Å²) >= 11 is 0. The van der Waals surface area contributed by atoms with E-state index in [1.807, 2.05) is 21.1 Å². The highest BCUT2D eigenvalue weighted by Gasteiger charge is 2.22. The normalized spacial score (nSPS) is 13.4. The van der Waals surface area contributed by atoms with Gasteiger partial charge in [0.25, 0.3) is 7.82 Å². The molecule has 0 bridgehead atoms. The fourth-order valence-corrected chi connectivity index (χ4v) is 12.1. The van der Waals surface area contributed by atoms with Gasteiger partial charge in [0.2, 0.25) is 0 Å². The molecule has 10 heteroatoms. The van der Waals surface area contributed by atoms with E-state index in [1.54, 1.807) is 0 Å². The molecule has 0 saturated heterocycles. The van der Waals surface area contributed by atoms with E-state index in [2.05, 4.69) is 86.8 Å². The van der Waals surface area contributed by atoms with E-state index in [1.165, 1.54) is 263 Å². The zero-order valence-electron chi connectivity index (χ0n) is 60.1. The monoisotopic (exact) mass is 1280 g/mol. The number of quaternary nitrogens is 1. The van der Waals surface area contributed by atoms with Crippen molar-refractivity contribution >= 4 is 19.8 Å². The Morgan fingerprint density at radius 3 is 0.956 bits per heavy atom. The molecule has 0 aromatic rings. The van der Waals surface area contributed by atoms with Gasteiger partial charge in [0.05, 0.1) is 27.7 Å². The standard InChI is InChI=1S/C80H148NO8P/c1-6-8-10-12-14-16-18-20-22-24-26-28-30-32-33-34-35-36-37-38-39-40-41-42-43-44-45-46-47-49-50-52-54-56-58-60-62-64-66-68-70-72-79(82)86-76-78(77-88-90(84,85)87-75-74-81(3,4)5)89-80(83)73-71-69-67-65-63-61-59-57-55-53-51-48-31-29-27-25-23-21-19-17-15-13-11-9-7-2/h9,11,15,17,21,23-24,26-27,29,48,51,78H,6-8,10,12-14,16,18-20,22,25,28,30-47,49-50,52-77H2,1-5H3/b11-9-,17-15-,23-21-,26-24-,29-27-,51-48-. The van der Waals surface area contributed by atoms with E-state index < -0.39 is 26.5 Å². The average Bonchev–Trinajstić information content (AvgIpc) is 3.58. The van der Waals surface area contributed by atoms with E-state index >= 15 is 0 Å². The third-order valence-corrected chi connectivity index (χ3v) is 18.2. The second-order valence-corrected chi connectivity index (χ2v) is 28.8. The predicted molar refractivity (Wildman–Crippen MR) is 388 cm³/mol. The van der Waals surface area contributed by atoms with Crippen molar-refractivity contribution in [1.29, 1.82) is 0 Å². The van der Waals surface area contributed by atoms with Gasteiger partial charge in [0, 0.05) is 12.8 Å². The van der Waals surface area contributed by atoms with E-state index in [4.69, 9.17) is 18.5 Å². The van der Waals surface area contributed by atoms with Gasteiger partial charge in [0.15, 0.2) is 6.10 Å². The number of rotatable bonds is 72. The first-order valence-corrected chi connectivity index (χ1v) is 40.1. The summed E-state index contributed by atoms with van der Waals surface area (Å²) in [6.45, 7) is 4.17. The molecule has 0 N–H and O–H groups in total. The summed E-state index contributed by atoms with van der Waals surface area (Å²) < 4.78 is 34.4. The summed E-state index contributed by atoms with van der Waals surface area (Å²) in [6.07, 6.45) is 96.0. The number of carbonyl (C=O) groups excluding carboxylic acids is 2. The highest BCUT2D eigenvalue weighted by atomic mass is 31.2. The van der Waals surface area contributed by atoms with Crippen molar-refractivity contribution in [3.63, 3.8) is 0 Å². The molecule has 0 rings (SSSR count). The number of allylic oxidation sites excluding steroid dienone is 12. The van der Waals surface area contributed by atoms with Gasteiger partial charge in [-0.05, 0) is 83.5 Å². The maximum atomic E-state index is 12.9. The fourth-order valence-electron chi connectivity index (χ4n) is 11.3. The van der Waals surface area contributed by atoms with Crippen LogP contribution >= 0.6 is 7.82 Å². The van der Waals surface area contributed by atoms with E-state index in [0.29, 0.717) is 17.4 Å². The van der Waals surface area contributed by atoms with Crippen molar-refractivity contribution in [3.05, 3.63) is 72.9 Å². The van der Waals surface area contributed by atoms with Crippen LogP contribution in [0.15, 0.2) is 72.9 Å². The van der Waals surface area contributed by atoms with Crippen molar-refractivity contribution in [2.45, 2.75) is 380 Å². The third-order valence-electron chi connectivity index (χ3n) is 17.2. The molecule has 0 heterocycles. The van der Waals surface area contributed by atoms with Gasteiger partial charge in [-0.15, -0.1) is 0 Å². The summed E-state index contributed by atoms with van der Waals surface area (Å²) in [5, 5.41) is 0. The van der Waals surface area contributed by atoms with Crippen LogP contribution in [0.2, 0.25) is 0 Å². The van der Waals surface area contributed by atoms with Gasteiger partial charge < -0.3 is 27.9 Å². The Kier molecular flexibility index (Phi) is 68.8. The second kappa shape index (κ2) is 70.8. The smallest absolute Gasteiger partial charge is 0.306 e. The molecule has 0 fully saturated rings. The summed E-state index contributed by atoms with van der Waals surface area (Å²) in [6, 6.07) is 0. The van der Waals surface area contributed by atoms with Gasteiger partial charge >= 0.3 is 11.9 Å². The first-order valence-electron chi connectivity index (χ1n) is 38.6. The first-order chi connectivity index (χ1) is 44.0. The molecular formula is C80H148NO8P. The number of hydrogen-bond donors (Lipinski definition) is 0. The van der Waals surface area contributed by atoms with Crippen molar-refractivity contribution < 1.29 is 42.1 Å². The van der Waals surface area contributed by atoms with E-state index in [-0.39, 0.29) is 32.0 Å². The Bertz CT molecular complexity index is 1750. The highest BCUT2D eigenvalue weighted by Crippen LogP contribution is 2.38. The van der Waals surface area contributed by atoms with Crippen LogP contribution in [0, 0.1) is 0 Å². The van der Waals surface area contributed by atoms with Gasteiger partial charge in [0.1, 0.15) is 19.8 Å². The highest BCUT2D eigenvalue weighted by molar-refractivity contribution is 7.45. The number of nitrogens with zero attached hydrogens (tertiary/aromatic N) is 1. The van der Waals surface area contributed by atoms with Crippen molar-refractivity contribution in [2.75, 3.05) is 47.5 Å². The molecule has 0 aromatic heterocycles. The molecule has 0 saturated carbocycles. The minimum Gasteiger partial charge on any atom is -0.756 e. The third kappa shape index (κ3) is 74.5. The molecule has 0 aromatic carbocycles. The van der Waals surface area contributed by atoms with Crippen LogP contribution in [-0.4, -0.2) is 70.0 Å². The van der Waals surface area contributed by atoms with E-state index in [0.717, 1.165) is 77.0 Å². The SMILES string of the molecule is CC/C=C\C/C=C\C/C=C\C/C=C\C/C=C\CCCCCCCCCCCC(=O)OC(COC(=O)CCCCCCCCCCCCCCCCCCCCCCCCCCCCCCC/C=C\CCCCCCCCCC)COP(=O)([O-])OCC[N+](C)(C)C. The lowest BCUT2D eigenvalue weighted by Crippen LogP contribution is -2.37. The number of phosphoric acid groups is 1. The first kappa shape index (κ1) is 87.5. The van der Waals surface area contributed by atoms with Crippen molar-refractivity contribution in [3.8, 4) is 0 Å². The van der Waals surface area contributed by atoms with Crippen LogP contribution in [0.3, 0.4) is 0 Å². The lowest BCUT2D eigenvalue weighted by molar-refractivity contribution is -0.870. The van der Waals surface area contributed by atoms with Crippen molar-refractivity contribution in [1.82, 2.24) is 0 Å². The van der Waals surface area contributed by atoms with Crippen molar-refractivity contribution in [2.24, 2.45) is 0 Å². The number of hydrogen-bond acceptors (Lipinski definition) is 8. The van der Waals surface area contributed by atoms with Crippen LogP contribution in [0.4, 0.5) is 0 Å². The molecule has 2 atom stereocenters. The second-order valence-electron chi connectivity index (χ2n) is 27.3. The zero-order valence-corrected chi connectivity index (χ0v) is 61.0. The fraction of sp³-hybridized carbons (Fsp3) is 0.825. The summed E-state index contributed by atoms with van der Waals surface area (Å²) in [4.78, 5) is 38.1. The van der Waals surface area contributed by atoms with Crippen LogP contribution < -0.4 is 4.89 Å². The zero-order chi connectivity index (χ0) is 65.5. The Morgan fingerprint density at radius 1 is 0.356 bits per heavy atom. The van der Waals surface area contributed by atoms with Gasteiger partial charge in [-0.2, -0.15) is 0 Å². The quantitative estimate of drug-likeness (QED) is 0.0195. The molecular weight excluding hydrogens is 1130 g/mol. The molecule has 2 unspecified atom stereocenters. The molecule has 0 radical (unpaired) electrons. The summed E-state index contributed by atoms with van der Waals surface area (Å²) in [7, 11) is 1.17.